The van der Waals surface area contributed by atoms with Gasteiger partial charge in [0, 0.05) is 18.6 Å². The van der Waals surface area contributed by atoms with Crippen LogP contribution < -0.4 is 5.73 Å². The minimum atomic E-state index is -0.303. The van der Waals surface area contributed by atoms with Crippen molar-refractivity contribution in [2.24, 2.45) is 17.1 Å². The van der Waals surface area contributed by atoms with Crippen LogP contribution in [-0.4, -0.2) is 31.0 Å². The SMILES string of the molecule is NCC1(C(O)C2CC=CCC2)CCCOC1. The Morgan fingerprint density at radius 3 is 2.94 bits per heavy atom. The summed E-state index contributed by atoms with van der Waals surface area (Å²) in [6.45, 7) is 1.98. The predicted molar refractivity (Wildman–Crippen MR) is 64.0 cm³/mol. The zero-order valence-corrected chi connectivity index (χ0v) is 9.90. The molecule has 0 bridgehead atoms. The lowest BCUT2D eigenvalue weighted by Gasteiger charge is -2.43. The Kier molecular flexibility index (Phi) is 4.00. The van der Waals surface area contributed by atoms with Crippen molar-refractivity contribution in [1.29, 1.82) is 0 Å². The third-order valence-corrected chi connectivity index (χ3v) is 4.14. The molecule has 0 aromatic rings. The van der Waals surface area contributed by atoms with Crippen molar-refractivity contribution < 1.29 is 9.84 Å². The summed E-state index contributed by atoms with van der Waals surface area (Å²) in [5, 5.41) is 10.6. The fourth-order valence-corrected chi connectivity index (χ4v) is 2.99. The number of aliphatic hydroxyl groups is 1. The van der Waals surface area contributed by atoms with Crippen LogP contribution in [0.2, 0.25) is 0 Å². The summed E-state index contributed by atoms with van der Waals surface area (Å²) in [4.78, 5) is 0. The van der Waals surface area contributed by atoms with Crippen molar-refractivity contribution in [2.75, 3.05) is 19.8 Å². The second kappa shape index (κ2) is 5.30. The van der Waals surface area contributed by atoms with Crippen molar-refractivity contribution in [1.82, 2.24) is 0 Å². The average molecular weight is 225 g/mol. The summed E-state index contributed by atoms with van der Waals surface area (Å²) >= 11 is 0. The Morgan fingerprint density at radius 2 is 2.38 bits per heavy atom. The van der Waals surface area contributed by atoms with Crippen LogP contribution in [0.15, 0.2) is 12.2 Å². The molecule has 1 fully saturated rings. The van der Waals surface area contributed by atoms with Gasteiger partial charge in [-0.15, -0.1) is 0 Å². The van der Waals surface area contributed by atoms with E-state index in [0.717, 1.165) is 38.7 Å². The van der Waals surface area contributed by atoms with Gasteiger partial charge in [-0.1, -0.05) is 12.2 Å². The lowest BCUT2D eigenvalue weighted by atomic mass is 9.70. The van der Waals surface area contributed by atoms with Crippen LogP contribution >= 0.6 is 0 Å². The van der Waals surface area contributed by atoms with Crippen molar-refractivity contribution in [3.05, 3.63) is 12.2 Å². The molecule has 0 spiro atoms. The van der Waals surface area contributed by atoms with Gasteiger partial charge in [0.2, 0.25) is 0 Å². The molecule has 3 atom stereocenters. The molecule has 3 unspecified atom stereocenters. The van der Waals surface area contributed by atoms with E-state index in [-0.39, 0.29) is 11.5 Å². The van der Waals surface area contributed by atoms with Crippen molar-refractivity contribution in [2.45, 2.75) is 38.2 Å². The first-order valence-electron chi connectivity index (χ1n) is 6.39. The Hall–Kier alpha value is -0.380. The maximum Gasteiger partial charge on any atom is 0.0661 e. The molecule has 0 radical (unpaired) electrons. The Labute approximate surface area is 97.7 Å². The molecule has 3 heteroatoms. The molecule has 3 N–H and O–H groups in total. The first kappa shape index (κ1) is 12.1. The minimum absolute atomic E-state index is 0.186. The van der Waals surface area contributed by atoms with Gasteiger partial charge < -0.3 is 15.6 Å². The molecule has 0 aromatic heterocycles. The van der Waals surface area contributed by atoms with Gasteiger partial charge in [-0.05, 0) is 38.0 Å². The van der Waals surface area contributed by atoms with Crippen LogP contribution in [0.5, 0.6) is 0 Å². The molecule has 3 nitrogen and oxygen atoms in total. The number of nitrogens with two attached hydrogens (primary N) is 1. The van der Waals surface area contributed by atoms with Crippen LogP contribution in [0.1, 0.15) is 32.1 Å². The molecular weight excluding hydrogens is 202 g/mol. The summed E-state index contributed by atoms with van der Waals surface area (Å²) in [5.74, 6) is 0.371. The minimum Gasteiger partial charge on any atom is -0.392 e. The van der Waals surface area contributed by atoms with E-state index in [1.165, 1.54) is 0 Å². The van der Waals surface area contributed by atoms with Gasteiger partial charge in [-0.3, -0.25) is 0 Å². The summed E-state index contributed by atoms with van der Waals surface area (Å²) in [6.07, 6.45) is 9.27. The van der Waals surface area contributed by atoms with E-state index in [0.29, 0.717) is 19.1 Å². The normalized spacial score (nSPS) is 37.2. The van der Waals surface area contributed by atoms with E-state index in [4.69, 9.17) is 10.5 Å². The van der Waals surface area contributed by atoms with Crippen molar-refractivity contribution in [3.8, 4) is 0 Å². The van der Waals surface area contributed by atoms with E-state index in [9.17, 15) is 5.11 Å². The molecule has 0 saturated carbocycles. The van der Waals surface area contributed by atoms with Crippen molar-refractivity contribution in [3.63, 3.8) is 0 Å². The molecule has 92 valence electrons. The number of allylic oxidation sites excluding steroid dienone is 2. The number of hydrogen-bond acceptors (Lipinski definition) is 3. The lowest BCUT2D eigenvalue weighted by molar-refractivity contribution is -0.0988. The molecule has 2 rings (SSSR count). The largest absolute Gasteiger partial charge is 0.392 e. The topological polar surface area (TPSA) is 55.5 Å². The van der Waals surface area contributed by atoms with E-state index >= 15 is 0 Å². The summed E-state index contributed by atoms with van der Waals surface area (Å²) in [7, 11) is 0. The third kappa shape index (κ3) is 2.31. The molecular formula is C13H23NO2. The Bertz CT molecular complexity index is 246. The zero-order valence-electron chi connectivity index (χ0n) is 9.90. The van der Waals surface area contributed by atoms with E-state index in [2.05, 4.69) is 12.2 Å². The standard InChI is InChI=1S/C13H23NO2/c14-9-13(7-4-8-16-10-13)12(15)11-5-2-1-3-6-11/h1-2,11-12,15H,3-10,14H2. The van der Waals surface area contributed by atoms with Gasteiger partial charge in [0.1, 0.15) is 0 Å². The van der Waals surface area contributed by atoms with Crippen LogP contribution in [-0.2, 0) is 4.74 Å². The van der Waals surface area contributed by atoms with E-state index < -0.39 is 0 Å². The third-order valence-electron chi connectivity index (χ3n) is 4.14. The van der Waals surface area contributed by atoms with Gasteiger partial charge in [0.05, 0.1) is 12.7 Å². The van der Waals surface area contributed by atoms with E-state index in [1.807, 2.05) is 0 Å². The summed E-state index contributed by atoms with van der Waals surface area (Å²) < 4.78 is 5.53. The summed E-state index contributed by atoms with van der Waals surface area (Å²) in [6, 6.07) is 0. The van der Waals surface area contributed by atoms with Crippen LogP contribution in [0, 0.1) is 11.3 Å². The quantitative estimate of drug-likeness (QED) is 0.715. The van der Waals surface area contributed by atoms with Crippen LogP contribution in [0.4, 0.5) is 0 Å². The van der Waals surface area contributed by atoms with E-state index in [1.54, 1.807) is 0 Å². The van der Waals surface area contributed by atoms with Crippen LogP contribution in [0.3, 0.4) is 0 Å². The maximum absolute atomic E-state index is 10.6. The average Bonchev–Trinajstić information content (AvgIpc) is 2.39. The Balaban J connectivity index is 2.04. The molecule has 0 aromatic carbocycles. The number of hydrogen-bond donors (Lipinski definition) is 2. The molecule has 1 aliphatic carbocycles. The highest BCUT2D eigenvalue weighted by molar-refractivity contribution is 4.98. The second-order valence-electron chi connectivity index (χ2n) is 5.21. The fraction of sp³-hybridized carbons (Fsp3) is 0.846. The first-order valence-corrected chi connectivity index (χ1v) is 6.39. The monoisotopic (exact) mass is 225 g/mol. The molecule has 1 saturated heterocycles. The van der Waals surface area contributed by atoms with Crippen molar-refractivity contribution >= 4 is 0 Å². The molecule has 16 heavy (non-hydrogen) atoms. The van der Waals surface area contributed by atoms with Gasteiger partial charge in [-0.2, -0.15) is 0 Å². The lowest BCUT2D eigenvalue weighted by Crippen LogP contribution is -2.51. The fourth-order valence-electron chi connectivity index (χ4n) is 2.99. The smallest absolute Gasteiger partial charge is 0.0661 e. The molecule has 2 aliphatic rings. The zero-order chi connectivity index (χ0) is 11.4. The number of aliphatic hydroxyl groups excluding tert-OH is 1. The molecule has 1 heterocycles. The van der Waals surface area contributed by atoms with Crippen LogP contribution in [0.25, 0.3) is 0 Å². The van der Waals surface area contributed by atoms with Gasteiger partial charge in [-0.25, -0.2) is 0 Å². The van der Waals surface area contributed by atoms with Gasteiger partial charge in [0.15, 0.2) is 0 Å². The molecule has 1 aliphatic heterocycles. The number of rotatable bonds is 3. The highest BCUT2D eigenvalue weighted by Crippen LogP contribution is 2.38. The highest BCUT2D eigenvalue weighted by Gasteiger charge is 2.42. The predicted octanol–water partition coefficient (Wildman–Crippen LogP) is 1.46. The van der Waals surface area contributed by atoms with Gasteiger partial charge in [0.25, 0.3) is 0 Å². The first-order chi connectivity index (χ1) is 7.78. The number of ether oxygens (including phenoxy) is 1. The van der Waals surface area contributed by atoms with Gasteiger partial charge >= 0.3 is 0 Å². The molecule has 0 amide bonds. The maximum atomic E-state index is 10.6. The second-order valence-corrected chi connectivity index (χ2v) is 5.21. The summed E-state index contributed by atoms with van der Waals surface area (Å²) in [5.41, 5.74) is 5.70. The Morgan fingerprint density at radius 1 is 1.50 bits per heavy atom. The highest BCUT2D eigenvalue weighted by atomic mass is 16.5.